The Kier molecular flexibility index (Phi) is 4.31. The van der Waals surface area contributed by atoms with Crippen LogP contribution in [-0.2, 0) is 4.74 Å². The first-order valence-corrected chi connectivity index (χ1v) is 7.25. The molecule has 1 fully saturated rings. The lowest BCUT2D eigenvalue weighted by Gasteiger charge is -2.42. The molecular weight excluding hydrogens is 262 g/mol. The normalized spacial score (nSPS) is 22.8. The van der Waals surface area contributed by atoms with Gasteiger partial charge in [-0.15, -0.1) is 11.6 Å². The number of nitrogens with zero attached hydrogens (tertiary/aromatic N) is 3. The van der Waals surface area contributed by atoms with Crippen LogP contribution in [0.4, 0.5) is 5.82 Å². The number of rotatable bonds is 3. The second-order valence-corrected chi connectivity index (χ2v) is 6.30. The second-order valence-electron chi connectivity index (χ2n) is 5.99. The van der Waals surface area contributed by atoms with Crippen LogP contribution in [0, 0.1) is 0 Å². The zero-order valence-corrected chi connectivity index (χ0v) is 12.8. The minimum Gasteiger partial charge on any atom is -0.367 e. The minimum absolute atomic E-state index is 0.0443. The molecular formula is C14H22ClN3O. The van der Waals surface area contributed by atoms with Gasteiger partial charge in [0.1, 0.15) is 12.1 Å². The zero-order valence-electron chi connectivity index (χ0n) is 12.1. The van der Waals surface area contributed by atoms with Crippen LogP contribution in [0.3, 0.4) is 0 Å². The molecule has 1 saturated heterocycles. The summed E-state index contributed by atoms with van der Waals surface area (Å²) in [6.45, 7) is 10.0. The van der Waals surface area contributed by atoms with Crippen LogP contribution in [-0.4, -0.2) is 40.6 Å². The van der Waals surface area contributed by atoms with E-state index in [1.807, 2.05) is 0 Å². The van der Waals surface area contributed by atoms with E-state index >= 15 is 0 Å². The summed E-state index contributed by atoms with van der Waals surface area (Å²) >= 11 is 5.96. The Bertz CT molecular complexity index is 436. The molecule has 0 bridgehead atoms. The van der Waals surface area contributed by atoms with Gasteiger partial charge in [0.05, 0.1) is 17.6 Å². The van der Waals surface area contributed by atoms with E-state index < -0.39 is 0 Å². The first kappa shape index (κ1) is 14.5. The van der Waals surface area contributed by atoms with Gasteiger partial charge in [-0.05, 0) is 19.8 Å². The maximum Gasteiger partial charge on any atom is 0.132 e. The lowest BCUT2D eigenvalue weighted by molar-refractivity contribution is -0.0736. The summed E-state index contributed by atoms with van der Waals surface area (Å²) in [4.78, 5) is 11.0. The Labute approximate surface area is 120 Å². The van der Waals surface area contributed by atoms with Crippen LogP contribution >= 0.6 is 11.6 Å². The highest BCUT2D eigenvalue weighted by atomic mass is 35.5. The zero-order chi connectivity index (χ0) is 14.0. The van der Waals surface area contributed by atoms with Crippen molar-refractivity contribution in [1.82, 2.24) is 9.97 Å². The van der Waals surface area contributed by atoms with E-state index in [1.54, 1.807) is 6.33 Å². The molecule has 0 spiro atoms. The Balaban J connectivity index is 2.22. The first-order chi connectivity index (χ1) is 8.91. The van der Waals surface area contributed by atoms with Crippen molar-refractivity contribution in [1.29, 1.82) is 0 Å². The van der Waals surface area contributed by atoms with E-state index in [-0.39, 0.29) is 11.7 Å². The molecule has 5 heteroatoms. The van der Waals surface area contributed by atoms with Crippen molar-refractivity contribution in [3.63, 3.8) is 0 Å². The molecule has 106 valence electrons. The standard InChI is InChI=1S/C14H22ClN3O/c1-10(2)12-5-13(17-9-16-12)18-7-11(6-15)19-14(3,4)8-18/h5,9-11H,6-8H2,1-4H3. The fraction of sp³-hybridized carbons (Fsp3) is 0.714. The Morgan fingerprint density at radius 1 is 1.47 bits per heavy atom. The summed E-state index contributed by atoms with van der Waals surface area (Å²) in [6.07, 6.45) is 1.69. The Morgan fingerprint density at radius 3 is 2.84 bits per heavy atom. The molecule has 19 heavy (non-hydrogen) atoms. The summed E-state index contributed by atoms with van der Waals surface area (Å²) < 4.78 is 5.94. The number of anilines is 1. The van der Waals surface area contributed by atoms with E-state index in [9.17, 15) is 0 Å². The largest absolute Gasteiger partial charge is 0.367 e. The van der Waals surface area contributed by atoms with Crippen molar-refractivity contribution in [3.05, 3.63) is 18.1 Å². The number of alkyl halides is 1. The SMILES string of the molecule is CC(C)c1cc(N2CC(CCl)OC(C)(C)C2)ncn1. The number of halogens is 1. The highest BCUT2D eigenvalue weighted by Gasteiger charge is 2.33. The van der Waals surface area contributed by atoms with Crippen LogP contribution < -0.4 is 4.90 Å². The number of hydrogen-bond acceptors (Lipinski definition) is 4. The van der Waals surface area contributed by atoms with Crippen LogP contribution in [0.25, 0.3) is 0 Å². The van der Waals surface area contributed by atoms with Crippen LogP contribution in [0.15, 0.2) is 12.4 Å². The molecule has 0 saturated carbocycles. The van der Waals surface area contributed by atoms with Crippen molar-refractivity contribution < 1.29 is 4.74 Å². The van der Waals surface area contributed by atoms with Crippen LogP contribution in [0.2, 0.25) is 0 Å². The van der Waals surface area contributed by atoms with Crippen LogP contribution in [0.5, 0.6) is 0 Å². The quantitative estimate of drug-likeness (QED) is 0.800. The molecule has 4 nitrogen and oxygen atoms in total. The molecule has 0 N–H and O–H groups in total. The average molecular weight is 284 g/mol. The van der Waals surface area contributed by atoms with Gasteiger partial charge in [-0.1, -0.05) is 13.8 Å². The van der Waals surface area contributed by atoms with E-state index in [2.05, 4.69) is 48.6 Å². The molecule has 0 radical (unpaired) electrons. The lowest BCUT2D eigenvalue weighted by Crippen LogP contribution is -2.53. The highest BCUT2D eigenvalue weighted by molar-refractivity contribution is 6.18. The van der Waals surface area contributed by atoms with Crippen molar-refractivity contribution in [2.45, 2.75) is 45.3 Å². The minimum atomic E-state index is -0.208. The molecule has 0 aromatic carbocycles. The molecule has 2 heterocycles. The maximum absolute atomic E-state index is 5.96. The predicted octanol–water partition coefficient (Wildman–Crippen LogP) is 2.82. The third-order valence-corrected chi connectivity index (χ3v) is 3.59. The lowest BCUT2D eigenvalue weighted by atomic mass is 10.1. The van der Waals surface area contributed by atoms with E-state index in [1.165, 1.54) is 0 Å². The second kappa shape index (κ2) is 5.63. The molecule has 0 amide bonds. The van der Waals surface area contributed by atoms with Crippen molar-refractivity contribution >= 4 is 17.4 Å². The summed E-state index contributed by atoms with van der Waals surface area (Å²) in [6, 6.07) is 2.07. The summed E-state index contributed by atoms with van der Waals surface area (Å²) in [7, 11) is 0. The van der Waals surface area contributed by atoms with Crippen molar-refractivity contribution in [3.8, 4) is 0 Å². The molecule has 1 aliphatic heterocycles. The molecule has 0 aliphatic carbocycles. The van der Waals surface area contributed by atoms with Gasteiger partial charge >= 0.3 is 0 Å². The van der Waals surface area contributed by atoms with Gasteiger partial charge < -0.3 is 9.64 Å². The number of morpholine rings is 1. The van der Waals surface area contributed by atoms with Gasteiger partial charge in [0.25, 0.3) is 0 Å². The van der Waals surface area contributed by atoms with Gasteiger partial charge in [-0.25, -0.2) is 9.97 Å². The first-order valence-electron chi connectivity index (χ1n) is 6.72. The van der Waals surface area contributed by atoms with Crippen molar-refractivity contribution in [2.75, 3.05) is 23.9 Å². The van der Waals surface area contributed by atoms with Gasteiger partial charge in [0, 0.05) is 24.8 Å². The van der Waals surface area contributed by atoms with Crippen molar-refractivity contribution in [2.24, 2.45) is 0 Å². The molecule has 1 atom stereocenters. The molecule has 2 rings (SSSR count). The maximum atomic E-state index is 5.96. The predicted molar refractivity (Wildman–Crippen MR) is 78.0 cm³/mol. The number of ether oxygens (including phenoxy) is 1. The molecule has 1 unspecified atom stereocenters. The third-order valence-electron chi connectivity index (χ3n) is 3.24. The van der Waals surface area contributed by atoms with Crippen LogP contribution in [0.1, 0.15) is 39.3 Å². The van der Waals surface area contributed by atoms with Gasteiger partial charge in [-0.2, -0.15) is 0 Å². The molecule has 1 aromatic heterocycles. The monoisotopic (exact) mass is 283 g/mol. The molecule has 1 aliphatic rings. The fourth-order valence-electron chi connectivity index (χ4n) is 2.40. The Hall–Kier alpha value is -0.870. The summed E-state index contributed by atoms with van der Waals surface area (Å²) in [5.74, 6) is 1.87. The smallest absolute Gasteiger partial charge is 0.132 e. The van der Waals surface area contributed by atoms with E-state index in [0.717, 1.165) is 24.6 Å². The average Bonchev–Trinajstić information content (AvgIpc) is 2.37. The summed E-state index contributed by atoms with van der Waals surface area (Å²) in [5, 5.41) is 0. The fourth-order valence-corrected chi connectivity index (χ4v) is 2.56. The highest BCUT2D eigenvalue weighted by Crippen LogP contribution is 2.26. The van der Waals surface area contributed by atoms with Gasteiger partial charge in [0.15, 0.2) is 0 Å². The topological polar surface area (TPSA) is 38.2 Å². The number of hydrogen-bond donors (Lipinski definition) is 0. The summed E-state index contributed by atoms with van der Waals surface area (Å²) in [5.41, 5.74) is 0.859. The van der Waals surface area contributed by atoms with Gasteiger partial charge in [-0.3, -0.25) is 0 Å². The van der Waals surface area contributed by atoms with E-state index in [4.69, 9.17) is 16.3 Å². The molecule has 1 aromatic rings. The number of aromatic nitrogens is 2. The van der Waals surface area contributed by atoms with Gasteiger partial charge in [0.2, 0.25) is 0 Å². The third kappa shape index (κ3) is 3.57. The van der Waals surface area contributed by atoms with E-state index in [0.29, 0.717) is 11.8 Å². The Morgan fingerprint density at radius 2 is 2.21 bits per heavy atom.